The van der Waals surface area contributed by atoms with Crippen LogP contribution in [0.4, 0.5) is 4.39 Å². The molecule has 2 rings (SSSR count). The van der Waals surface area contributed by atoms with Crippen LogP contribution < -0.4 is 5.32 Å². The molecule has 1 aliphatic rings. The highest BCUT2D eigenvalue weighted by Crippen LogP contribution is 2.21. The SMILES string of the molecule is CCNC(=NCC(O)c1ccccc1F)N1CCSC(CC)C1.I. The molecule has 0 bridgehead atoms. The Morgan fingerprint density at radius 3 is 2.88 bits per heavy atom. The number of rotatable bonds is 5. The van der Waals surface area contributed by atoms with Crippen LogP contribution in [0.15, 0.2) is 29.3 Å². The average Bonchev–Trinajstić information content (AvgIpc) is 2.58. The lowest BCUT2D eigenvalue weighted by molar-refractivity contribution is 0.181. The van der Waals surface area contributed by atoms with E-state index in [-0.39, 0.29) is 36.3 Å². The Morgan fingerprint density at radius 2 is 2.21 bits per heavy atom. The fraction of sp³-hybridized carbons (Fsp3) is 0.588. The first kappa shape index (κ1) is 21.5. The van der Waals surface area contributed by atoms with Crippen LogP contribution in [0.25, 0.3) is 0 Å². The fourth-order valence-electron chi connectivity index (χ4n) is 2.60. The molecular weight excluding hydrogens is 440 g/mol. The van der Waals surface area contributed by atoms with E-state index in [1.165, 1.54) is 6.07 Å². The minimum atomic E-state index is -0.925. The normalized spacial score (nSPS) is 19.6. The molecule has 2 N–H and O–H groups in total. The van der Waals surface area contributed by atoms with Crippen molar-refractivity contribution in [2.75, 3.05) is 31.9 Å². The first-order chi connectivity index (χ1) is 11.2. The van der Waals surface area contributed by atoms with Gasteiger partial charge in [0.2, 0.25) is 0 Å². The van der Waals surface area contributed by atoms with Gasteiger partial charge in [0.1, 0.15) is 11.9 Å². The lowest BCUT2D eigenvalue weighted by Crippen LogP contribution is -2.48. The second-order valence-corrected chi connectivity index (χ2v) is 6.99. The number of hydrogen-bond donors (Lipinski definition) is 2. The highest BCUT2D eigenvalue weighted by Gasteiger charge is 2.22. The number of guanidine groups is 1. The zero-order valence-corrected chi connectivity index (χ0v) is 17.4. The quantitative estimate of drug-likeness (QED) is 0.397. The summed E-state index contributed by atoms with van der Waals surface area (Å²) in [4.78, 5) is 6.77. The van der Waals surface area contributed by atoms with E-state index in [0.717, 1.165) is 37.8 Å². The second kappa shape index (κ2) is 11.1. The Labute approximate surface area is 165 Å². The van der Waals surface area contributed by atoms with Crippen LogP contribution >= 0.6 is 35.7 Å². The van der Waals surface area contributed by atoms with Gasteiger partial charge in [0, 0.05) is 36.2 Å². The van der Waals surface area contributed by atoms with Crippen molar-refractivity contribution in [3.8, 4) is 0 Å². The summed E-state index contributed by atoms with van der Waals surface area (Å²) >= 11 is 2.00. The second-order valence-electron chi connectivity index (χ2n) is 5.58. The van der Waals surface area contributed by atoms with E-state index in [1.807, 2.05) is 18.7 Å². The standard InChI is InChI=1S/C17H26FN3OS.HI/c1-3-13-12-21(9-10-23-13)17(19-4-2)20-11-16(22)14-7-5-6-8-15(14)18;/h5-8,13,16,22H,3-4,9-12H2,1-2H3,(H,19,20);1H. The molecule has 2 atom stereocenters. The van der Waals surface area contributed by atoms with Crippen LogP contribution in [0.5, 0.6) is 0 Å². The third-order valence-corrected chi connectivity index (χ3v) is 5.28. The summed E-state index contributed by atoms with van der Waals surface area (Å²) in [6.07, 6.45) is 0.212. The predicted octanol–water partition coefficient (Wildman–Crippen LogP) is 3.27. The highest BCUT2D eigenvalue weighted by molar-refractivity contribution is 14.0. The minimum absolute atomic E-state index is 0. The smallest absolute Gasteiger partial charge is 0.194 e. The van der Waals surface area contributed by atoms with Crippen molar-refractivity contribution in [2.45, 2.75) is 31.6 Å². The zero-order valence-electron chi connectivity index (χ0n) is 14.2. The lowest BCUT2D eigenvalue weighted by atomic mass is 10.1. The molecule has 24 heavy (non-hydrogen) atoms. The molecule has 136 valence electrons. The molecule has 0 aromatic heterocycles. The van der Waals surface area contributed by atoms with Gasteiger partial charge in [0.25, 0.3) is 0 Å². The molecule has 1 aromatic carbocycles. The van der Waals surface area contributed by atoms with E-state index < -0.39 is 6.10 Å². The van der Waals surface area contributed by atoms with Crippen LogP contribution in [0, 0.1) is 5.82 Å². The van der Waals surface area contributed by atoms with Gasteiger partial charge in [-0.05, 0) is 19.4 Å². The number of aliphatic imine (C=N–C) groups is 1. The van der Waals surface area contributed by atoms with E-state index in [1.54, 1.807) is 18.2 Å². The molecule has 0 saturated carbocycles. The number of benzene rings is 1. The summed E-state index contributed by atoms with van der Waals surface area (Å²) in [6, 6.07) is 6.31. The van der Waals surface area contributed by atoms with Crippen molar-refractivity contribution in [1.82, 2.24) is 10.2 Å². The van der Waals surface area contributed by atoms with Crippen molar-refractivity contribution in [3.05, 3.63) is 35.6 Å². The third-order valence-electron chi connectivity index (χ3n) is 3.91. The fourth-order valence-corrected chi connectivity index (χ4v) is 3.78. The summed E-state index contributed by atoms with van der Waals surface area (Å²) in [6.45, 7) is 7.07. The van der Waals surface area contributed by atoms with Crippen LogP contribution in [0.2, 0.25) is 0 Å². The number of halogens is 2. The summed E-state index contributed by atoms with van der Waals surface area (Å²) in [5, 5.41) is 14.1. The minimum Gasteiger partial charge on any atom is -0.386 e. The maximum absolute atomic E-state index is 13.7. The topological polar surface area (TPSA) is 47.9 Å². The van der Waals surface area contributed by atoms with Gasteiger partial charge in [-0.15, -0.1) is 24.0 Å². The summed E-state index contributed by atoms with van der Waals surface area (Å²) in [5.74, 6) is 1.50. The predicted molar refractivity (Wildman–Crippen MR) is 111 cm³/mol. The molecule has 1 aromatic rings. The molecule has 7 heteroatoms. The monoisotopic (exact) mass is 467 g/mol. The molecule has 1 heterocycles. The highest BCUT2D eigenvalue weighted by atomic mass is 127. The van der Waals surface area contributed by atoms with Crippen molar-refractivity contribution in [2.24, 2.45) is 4.99 Å². The van der Waals surface area contributed by atoms with Crippen LogP contribution in [0.3, 0.4) is 0 Å². The molecule has 1 fully saturated rings. The first-order valence-electron chi connectivity index (χ1n) is 8.23. The number of hydrogen-bond acceptors (Lipinski definition) is 3. The van der Waals surface area contributed by atoms with Crippen LogP contribution in [-0.2, 0) is 0 Å². The van der Waals surface area contributed by atoms with Gasteiger partial charge in [-0.3, -0.25) is 4.99 Å². The van der Waals surface area contributed by atoms with E-state index in [4.69, 9.17) is 0 Å². The Hall–Kier alpha value is -0.540. The van der Waals surface area contributed by atoms with E-state index in [9.17, 15) is 9.50 Å². The summed E-state index contributed by atoms with van der Waals surface area (Å²) < 4.78 is 13.7. The van der Waals surface area contributed by atoms with Gasteiger partial charge in [-0.2, -0.15) is 11.8 Å². The molecule has 0 aliphatic carbocycles. The van der Waals surface area contributed by atoms with Crippen LogP contribution in [0.1, 0.15) is 31.9 Å². The van der Waals surface area contributed by atoms with Gasteiger partial charge in [-0.1, -0.05) is 25.1 Å². The average molecular weight is 467 g/mol. The number of nitrogens with zero attached hydrogens (tertiary/aromatic N) is 2. The van der Waals surface area contributed by atoms with Gasteiger partial charge >= 0.3 is 0 Å². The maximum atomic E-state index is 13.7. The molecule has 0 amide bonds. The number of nitrogens with one attached hydrogen (secondary N) is 1. The molecular formula is C17H27FIN3OS. The number of thioether (sulfide) groups is 1. The molecule has 0 spiro atoms. The largest absolute Gasteiger partial charge is 0.386 e. The molecule has 4 nitrogen and oxygen atoms in total. The molecule has 1 saturated heterocycles. The summed E-state index contributed by atoms with van der Waals surface area (Å²) in [5.41, 5.74) is 0.299. The van der Waals surface area contributed by atoms with E-state index >= 15 is 0 Å². The van der Waals surface area contributed by atoms with Gasteiger partial charge < -0.3 is 15.3 Å². The van der Waals surface area contributed by atoms with E-state index in [2.05, 4.69) is 22.1 Å². The molecule has 2 unspecified atom stereocenters. The summed E-state index contributed by atoms with van der Waals surface area (Å²) in [7, 11) is 0. The van der Waals surface area contributed by atoms with Crippen molar-refractivity contribution in [1.29, 1.82) is 0 Å². The number of aliphatic hydroxyl groups excluding tert-OH is 1. The third kappa shape index (κ3) is 6.07. The van der Waals surface area contributed by atoms with Crippen LogP contribution in [-0.4, -0.2) is 53.1 Å². The van der Waals surface area contributed by atoms with Crippen molar-refractivity contribution >= 4 is 41.7 Å². The Kier molecular flexibility index (Phi) is 9.99. The Balaban J connectivity index is 0.00000288. The Morgan fingerprint density at radius 1 is 1.46 bits per heavy atom. The first-order valence-corrected chi connectivity index (χ1v) is 9.27. The number of aliphatic hydroxyl groups is 1. The van der Waals surface area contributed by atoms with Gasteiger partial charge in [0.15, 0.2) is 5.96 Å². The maximum Gasteiger partial charge on any atom is 0.194 e. The molecule has 0 radical (unpaired) electrons. The van der Waals surface area contributed by atoms with Gasteiger partial charge in [0.05, 0.1) is 6.54 Å². The van der Waals surface area contributed by atoms with Crippen molar-refractivity contribution < 1.29 is 9.50 Å². The Bertz CT molecular complexity index is 532. The van der Waals surface area contributed by atoms with Crippen molar-refractivity contribution in [3.63, 3.8) is 0 Å². The lowest BCUT2D eigenvalue weighted by Gasteiger charge is -2.34. The molecule has 1 aliphatic heterocycles. The zero-order chi connectivity index (χ0) is 16.7. The van der Waals surface area contributed by atoms with Gasteiger partial charge in [-0.25, -0.2) is 4.39 Å². The van der Waals surface area contributed by atoms with E-state index in [0.29, 0.717) is 10.8 Å².